The molecule has 1 N–H and O–H groups in total. The first kappa shape index (κ1) is 21.7. The summed E-state index contributed by atoms with van der Waals surface area (Å²) in [5.41, 5.74) is -0.156. The van der Waals surface area contributed by atoms with Crippen LogP contribution in [0, 0.1) is 12.8 Å². The molecular formula is C23H30N4O3S. The van der Waals surface area contributed by atoms with E-state index in [1.807, 2.05) is 36.2 Å². The maximum Gasteiger partial charge on any atom is 0.318 e. The number of hydrogen-bond donors (Lipinski definition) is 1. The molecule has 4 rings (SSSR count). The number of amides is 1. The van der Waals surface area contributed by atoms with E-state index in [-0.39, 0.29) is 17.8 Å². The average Bonchev–Trinajstić information content (AvgIpc) is 3.23. The summed E-state index contributed by atoms with van der Waals surface area (Å²) in [6.07, 6.45) is 8.33. The molecule has 166 valence electrons. The zero-order valence-corrected chi connectivity index (χ0v) is 19.0. The van der Waals surface area contributed by atoms with Gasteiger partial charge in [-0.25, -0.2) is 9.97 Å². The first-order valence-corrected chi connectivity index (χ1v) is 11.9. The average molecular weight is 443 g/mol. The van der Waals surface area contributed by atoms with Crippen LogP contribution in [-0.4, -0.2) is 46.9 Å². The van der Waals surface area contributed by atoms with Crippen molar-refractivity contribution in [1.82, 2.24) is 14.9 Å². The Morgan fingerprint density at radius 1 is 1.19 bits per heavy atom. The Bertz CT molecular complexity index is 930. The molecule has 1 aliphatic heterocycles. The Kier molecular flexibility index (Phi) is 6.55. The molecule has 1 saturated heterocycles. The van der Waals surface area contributed by atoms with Gasteiger partial charge in [0.25, 0.3) is 0 Å². The fraction of sp³-hybridized carbons (Fsp3) is 0.565. The van der Waals surface area contributed by atoms with Crippen LogP contribution >= 0.6 is 11.3 Å². The number of carbonyl (C=O) groups is 2. The van der Waals surface area contributed by atoms with Crippen LogP contribution in [-0.2, 0) is 19.7 Å². The third-order valence-electron chi connectivity index (χ3n) is 6.55. The number of thiazole rings is 1. The molecule has 31 heavy (non-hydrogen) atoms. The van der Waals surface area contributed by atoms with E-state index >= 15 is 0 Å². The van der Waals surface area contributed by atoms with E-state index in [9.17, 15) is 9.59 Å². The van der Waals surface area contributed by atoms with E-state index in [4.69, 9.17) is 9.72 Å². The first-order chi connectivity index (χ1) is 15.0. The lowest BCUT2D eigenvalue weighted by atomic mass is 9.74. The smallest absolute Gasteiger partial charge is 0.318 e. The van der Waals surface area contributed by atoms with E-state index in [1.165, 1.54) is 13.5 Å². The van der Waals surface area contributed by atoms with E-state index < -0.39 is 5.41 Å². The molecule has 1 amide bonds. The topological polar surface area (TPSA) is 84.4 Å². The summed E-state index contributed by atoms with van der Waals surface area (Å²) in [6.45, 7) is 3.10. The Morgan fingerprint density at radius 2 is 1.94 bits per heavy atom. The molecule has 3 heterocycles. The lowest BCUT2D eigenvalue weighted by Gasteiger charge is -2.40. The van der Waals surface area contributed by atoms with Gasteiger partial charge in [-0.15, -0.1) is 11.3 Å². The number of esters is 1. The van der Waals surface area contributed by atoms with Gasteiger partial charge in [-0.3, -0.25) is 9.59 Å². The minimum Gasteiger partial charge on any atom is -0.468 e. The predicted octanol–water partition coefficient (Wildman–Crippen LogP) is 4.20. The summed E-state index contributed by atoms with van der Waals surface area (Å²) in [5.74, 6) is 0.760. The molecule has 0 spiro atoms. The van der Waals surface area contributed by atoms with Crippen LogP contribution in [0.15, 0.2) is 24.4 Å². The number of likely N-dealkylation sites (tertiary alicyclic amines) is 1. The maximum atomic E-state index is 13.0. The number of methoxy groups -OCH3 is 1. The van der Waals surface area contributed by atoms with E-state index in [2.05, 4.69) is 10.3 Å². The molecule has 0 atom stereocenters. The van der Waals surface area contributed by atoms with Crippen molar-refractivity contribution in [3.8, 4) is 0 Å². The van der Waals surface area contributed by atoms with Crippen molar-refractivity contribution in [3.63, 3.8) is 0 Å². The molecular weight excluding hydrogens is 412 g/mol. The van der Waals surface area contributed by atoms with Crippen molar-refractivity contribution < 1.29 is 14.3 Å². The second-order valence-corrected chi connectivity index (χ2v) is 9.78. The molecule has 2 aliphatic rings. The summed E-state index contributed by atoms with van der Waals surface area (Å²) in [4.78, 5) is 38.1. The fourth-order valence-electron chi connectivity index (χ4n) is 4.77. The van der Waals surface area contributed by atoms with Gasteiger partial charge in [-0.1, -0.05) is 25.3 Å². The molecule has 0 bridgehead atoms. The third kappa shape index (κ3) is 4.59. The van der Waals surface area contributed by atoms with Crippen LogP contribution < -0.4 is 5.32 Å². The van der Waals surface area contributed by atoms with Crippen LogP contribution in [0.3, 0.4) is 0 Å². The van der Waals surface area contributed by atoms with Crippen molar-refractivity contribution in [2.75, 3.05) is 25.5 Å². The number of rotatable bonds is 5. The monoisotopic (exact) mass is 442 g/mol. The minimum absolute atomic E-state index is 0.145. The van der Waals surface area contributed by atoms with Gasteiger partial charge in [-0.2, -0.15) is 0 Å². The minimum atomic E-state index is -0.839. The van der Waals surface area contributed by atoms with E-state index in [1.54, 1.807) is 11.3 Å². The van der Waals surface area contributed by atoms with Gasteiger partial charge >= 0.3 is 5.97 Å². The summed E-state index contributed by atoms with van der Waals surface area (Å²) >= 11 is 1.55. The number of anilines is 2. The molecule has 0 radical (unpaired) electrons. The molecule has 0 aromatic carbocycles. The molecule has 2 fully saturated rings. The summed E-state index contributed by atoms with van der Waals surface area (Å²) in [5, 5.41) is 3.99. The second kappa shape index (κ2) is 9.34. The molecule has 1 aliphatic carbocycles. The van der Waals surface area contributed by atoms with Crippen LogP contribution in [0.4, 0.5) is 10.9 Å². The molecule has 2 aromatic rings. The Hall–Kier alpha value is -2.48. The van der Waals surface area contributed by atoms with Crippen LogP contribution in [0.5, 0.6) is 0 Å². The van der Waals surface area contributed by atoms with Gasteiger partial charge < -0.3 is 15.0 Å². The van der Waals surface area contributed by atoms with Crippen molar-refractivity contribution in [2.45, 2.75) is 57.3 Å². The molecule has 1 saturated carbocycles. The molecule has 8 heteroatoms. The highest BCUT2D eigenvalue weighted by molar-refractivity contribution is 7.15. The number of piperidine rings is 1. The normalized spacial score (nSPS) is 19.1. The zero-order chi connectivity index (χ0) is 21.8. The Morgan fingerprint density at radius 3 is 2.58 bits per heavy atom. The van der Waals surface area contributed by atoms with Crippen molar-refractivity contribution in [1.29, 1.82) is 0 Å². The largest absolute Gasteiger partial charge is 0.468 e. The van der Waals surface area contributed by atoms with E-state index in [0.29, 0.717) is 37.4 Å². The van der Waals surface area contributed by atoms with Gasteiger partial charge in [0, 0.05) is 30.1 Å². The van der Waals surface area contributed by atoms with Crippen LogP contribution in [0.1, 0.15) is 55.5 Å². The summed E-state index contributed by atoms with van der Waals surface area (Å²) in [6, 6.07) is 5.65. The van der Waals surface area contributed by atoms with E-state index in [0.717, 1.165) is 35.7 Å². The third-order valence-corrected chi connectivity index (χ3v) is 7.38. The number of aromatic nitrogens is 2. The van der Waals surface area contributed by atoms with Gasteiger partial charge in [-0.05, 0) is 44.7 Å². The number of pyridine rings is 1. The highest BCUT2D eigenvalue weighted by atomic mass is 32.1. The predicted molar refractivity (Wildman–Crippen MR) is 120 cm³/mol. The highest BCUT2D eigenvalue weighted by Gasteiger charge is 2.46. The van der Waals surface area contributed by atoms with Gasteiger partial charge in [0.1, 0.15) is 11.2 Å². The number of nitrogens with one attached hydrogen (secondary N) is 1. The van der Waals surface area contributed by atoms with Gasteiger partial charge in [0.05, 0.1) is 12.8 Å². The first-order valence-electron chi connectivity index (χ1n) is 11.1. The van der Waals surface area contributed by atoms with Gasteiger partial charge in [0.15, 0.2) is 5.13 Å². The Labute approximate surface area is 187 Å². The quantitative estimate of drug-likeness (QED) is 0.699. The highest BCUT2D eigenvalue weighted by Crippen LogP contribution is 2.38. The number of carbonyl (C=O) groups excluding carboxylic acids is 2. The van der Waals surface area contributed by atoms with Crippen LogP contribution in [0.2, 0.25) is 0 Å². The SMILES string of the molecule is COC(=O)C1(c2cccc(Nc3ncc(C)s3)n2)CCN(C(=O)C2CCCCC2)CC1. The standard InChI is InChI=1S/C23H30N4O3S/c1-16-15-24-22(31-16)26-19-10-6-9-18(25-19)23(21(29)30-2)11-13-27(14-12-23)20(28)17-7-4-3-5-8-17/h6,9-10,15,17H,3-5,7-8,11-14H2,1-2H3,(H,24,25,26). The number of nitrogens with zero attached hydrogens (tertiary/aromatic N) is 3. The van der Waals surface area contributed by atoms with Crippen molar-refractivity contribution in [3.05, 3.63) is 35.0 Å². The van der Waals surface area contributed by atoms with Crippen molar-refractivity contribution in [2.24, 2.45) is 5.92 Å². The summed E-state index contributed by atoms with van der Waals surface area (Å²) < 4.78 is 5.21. The summed E-state index contributed by atoms with van der Waals surface area (Å²) in [7, 11) is 1.42. The molecule has 7 nitrogen and oxygen atoms in total. The number of aryl methyl sites for hydroxylation is 1. The Balaban J connectivity index is 1.52. The number of hydrogen-bond acceptors (Lipinski definition) is 7. The fourth-order valence-corrected chi connectivity index (χ4v) is 5.44. The molecule has 2 aromatic heterocycles. The van der Waals surface area contributed by atoms with Crippen molar-refractivity contribution >= 4 is 34.2 Å². The van der Waals surface area contributed by atoms with Crippen LogP contribution in [0.25, 0.3) is 0 Å². The maximum absolute atomic E-state index is 13.0. The zero-order valence-electron chi connectivity index (χ0n) is 18.2. The second-order valence-electron chi connectivity index (χ2n) is 8.54. The van der Waals surface area contributed by atoms with Gasteiger partial charge in [0.2, 0.25) is 5.91 Å². The molecule has 0 unspecified atom stereocenters. The lowest BCUT2D eigenvalue weighted by molar-refractivity contribution is -0.152. The lowest BCUT2D eigenvalue weighted by Crippen LogP contribution is -2.51. The number of ether oxygens (including phenoxy) is 1.